The largest absolute Gasteiger partial charge is 0.492 e. The zero-order chi connectivity index (χ0) is 23.8. The summed E-state index contributed by atoms with van der Waals surface area (Å²) >= 11 is 1.55. The highest BCUT2D eigenvalue weighted by molar-refractivity contribution is 7.98. The summed E-state index contributed by atoms with van der Waals surface area (Å²) in [6.45, 7) is 0.632. The van der Waals surface area contributed by atoms with Crippen molar-refractivity contribution in [3.8, 4) is 34.2 Å². The minimum atomic E-state index is -0.582. The van der Waals surface area contributed by atoms with E-state index >= 15 is 0 Å². The van der Waals surface area contributed by atoms with Gasteiger partial charge in [0.05, 0.1) is 24.4 Å². The molecule has 0 aliphatic heterocycles. The molecule has 0 unspecified atom stereocenters. The van der Waals surface area contributed by atoms with Crippen molar-refractivity contribution in [1.29, 1.82) is 0 Å². The maximum absolute atomic E-state index is 10.7. The number of pyridine rings is 2. The molecule has 0 radical (unpaired) electrons. The smallest absolute Gasteiger partial charge is 0.312 e. The fraction of sp³-hybridized carbons (Fsp3) is 0.167. The number of urea groups is 1. The number of amides is 2. The second-order valence-corrected chi connectivity index (χ2v) is 7.99. The number of hydrogen-bond acceptors (Lipinski definition) is 8. The van der Waals surface area contributed by atoms with Gasteiger partial charge in [0.2, 0.25) is 11.8 Å². The molecule has 0 atom stereocenters. The van der Waals surface area contributed by atoms with Crippen LogP contribution in [-0.2, 0) is 5.75 Å². The van der Waals surface area contributed by atoms with Crippen molar-refractivity contribution in [2.45, 2.75) is 10.8 Å². The van der Waals surface area contributed by atoms with E-state index in [0.717, 1.165) is 16.2 Å². The number of carbonyl (C=O) groups excluding carboxylic acids is 1. The van der Waals surface area contributed by atoms with Crippen molar-refractivity contribution >= 4 is 17.8 Å². The standard InChI is InChI=1S/C24H23N5O4S/c1-31-19-10-7-17(14-28-19)22-23(33-20(29-22)15-34-21-4-2-3-11-26-21)16-5-8-18(9-6-16)32-13-12-27-24(25)30/h2-11,14H,12-13,15H2,1H3,(H3,25,27,30). The molecule has 0 saturated carbocycles. The number of primary amides is 1. The summed E-state index contributed by atoms with van der Waals surface area (Å²) in [4.78, 5) is 24.1. The van der Waals surface area contributed by atoms with Crippen molar-refractivity contribution in [2.24, 2.45) is 5.73 Å². The van der Waals surface area contributed by atoms with E-state index in [1.165, 1.54) is 0 Å². The molecule has 0 spiro atoms. The van der Waals surface area contributed by atoms with E-state index in [9.17, 15) is 4.79 Å². The Morgan fingerprint density at radius 2 is 1.91 bits per heavy atom. The number of thioether (sulfide) groups is 1. The normalized spacial score (nSPS) is 10.6. The van der Waals surface area contributed by atoms with Crippen LogP contribution in [0.1, 0.15) is 5.89 Å². The number of methoxy groups -OCH3 is 1. The second-order valence-electron chi connectivity index (χ2n) is 7.00. The van der Waals surface area contributed by atoms with E-state index < -0.39 is 6.03 Å². The monoisotopic (exact) mass is 477 g/mol. The first-order chi connectivity index (χ1) is 16.6. The summed E-state index contributed by atoms with van der Waals surface area (Å²) in [6.07, 6.45) is 3.46. The number of ether oxygens (including phenoxy) is 2. The average Bonchev–Trinajstić information content (AvgIpc) is 3.30. The topological polar surface area (TPSA) is 125 Å². The Hall–Kier alpha value is -4.05. The number of nitrogens with two attached hydrogens (primary N) is 1. The Bertz CT molecular complexity index is 1210. The van der Waals surface area contributed by atoms with Gasteiger partial charge in [-0.3, -0.25) is 0 Å². The third-order valence-corrected chi connectivity index (χ3v) is 5.59. The molecule has 34 heavy (non-hydrogen) atoms. The number of carbonyl (C=O) groups is 1. The molecular weight excluding hydrogens is 454 g/mol. The lowest BCUT2D eigenvalue weighted by molar-refractivity contribution is 0.244. The summed E-state index contributed by atoms with van der Waals surface area (Å²) in [5.41, 5.74) is 7.39. The van der Waals surface area contributed by atoms with Gasteiger partial charge in [-0.2, -0.15) is 0 Å². The van der Waals surface area contributed by atoms with Crippen molar-refractivity contribution < 1.29 is 18.7 Å². The van der Waals surface area contributed by atoms with E-state index in [1.807, 2.05) is 48.5 Å². The molecule has 1 aromatic carbocycles. The van der Waals surface area contributed by atoms with Gasteiger partial charge in [-0.05, 0) is 42.5 Å². The van der Waals surface area contributed by atoms with Crippen LogP contribution >= 0.6 is 11.8 Å². The number of oxazole rings is 1. The van der Waals surface area contributed by atoms with Gasteiger partial charge < -0.3 is 24.9 Å². The van der Waals surface area contributed by atoms with Crippen LogP contribution in [0.5, 0.6) is 11.6 Å². The number of benzene rings is 1. The molecule has 10 heteroatoms. The highest BCUT2D eigenvalue weighted by atomic mass is 32.2. The lowest BCUT2D eigenvalue weighted by Gasteiger charge is -2.07. The number of aromatic nitrogens is 3. The predicted octanol–water partition coefficient (Wildman–Crippen LogP) is 4.15. The molecule has 4 aromatic rings. The van der Waals surface area contributed by atoms with E-state index in [4.69, 9.17) is 24.6 Å². The van der Waals surface area contributed by atoms with E-state index in [2.05, 4.69) is 15.3 Å². The maximum atomic E-state index is 10.7. The van der Waals surface area contributed by atoms with Gasteiger partial charge >= 0.3 is 6.03 Å². The number of hydrogen-bond donors (Lipinski definition) is 2. The maximum Gasteiger partial charge on any atom is 0.312 e. The Labute approximate surface area is 200 Å². The highest BCUT2D eigenvalue weighted by Gasteiger charge is 2.18. The van der Waals surface area contributed by atoms with Gasteiger partial charge in [0.1, 0.15) is 18.1 Å². The van der Waals surface area contributed by atoms with Crippen LogP contribution in [0.15, 0.2) is 76.4 Å². The molecule has 9 nitrogen and oxygen atoms in total. The molecule has 0 aliphatic carbocycles. The van der Waals surface area contributed by atoms with Crippen LogP contribution in [0.25, 0.3) is 22.6 Å². The van der Waals surface area contributed by atoms with Crippen molar-refractivity contribution in [2.75, 3.05) is 20.3 Å². The molecule has 3 N–H and O–H groups in total. The Balaban J connectivity index is 1.56. The lowest BCUT2D eigenvalue weighted by atomic mass is 10.1. The summed E-state index contributed by atoms with van der Waals surface area (Å²) < 4.78 is 17.0. The summed E-state index contributed by atoms with van der Waals surface area (Å²) in [6, 6.07) is 16.3. The molecule has 0 bridgehead atoms. The van der Waals surface area contributed by atoms with Gasteiger partial charge in [0.15, 0.2) is 5.76 Å². The molecule has 2 amide bonds. The molecule has 0 fully saturated rings. The third kappa shape index (κ3) is 6.04. The Kier molecular flexibility index (Phi) is 7.61. The van der Waals surface area contributed by atoms with Crippen molar-refractivity contribution in [1.82, 2.24) is 20.3 Å². The van der Waals surface area contributed by atoms with Gasteiger partial charge in [-0.15, -0.1) is 0 Å². The van der Waals surface area contributed by atoms with Gasteiger partial charge in [0.25, 0.3) is 0 Å². The van der Waals surface area contributed by atoms with Crippen LogP contribution in [-0.4, -0.2) is 41.2 Å². The van der Waals surface area contributed by atoms with Crippen LogP contribution in [0.4, 0.5) is 4.79 Å². The first-order valence-electron chi connectivity index (χ1n) is 10.4. The molecule has 3 aromatic heterocycles. The predicted molar refractivity (Wildman–Crippen MR) is 129 cm³/mol. The zero-order valence-electron chi connectivity index (χ0n) is 18.4. The third-order valence-electron chi connectivity index (χ3n) is 4.66. The minimum absolute atomic E-state index is 0.308. The zero-order valence-corrected chi connectivity index (χ0v) is 19.2. The Morgan fingerprint density at radius 1 is 1.09 bits per heavy atom. The summed E-state index contributed by atoms with van der Waals surface area (Å²) in [5, 5.41) is 3.37. The van der Waals surface area contributed by atoms with E-state index in [0.29, 0.717) is 47.9 Å². The Morgan fingerprint density at radius 3 is 2.59 bits per heavy atom. The summed E-state index contributed by atoms with van der Waals surface area (Å²) in [5.74, 6) is 2.92. The SMILES string of the molecule is COc1ccc(-c2nc(CSc3ccccn3)oc2-c2ccc(OCCNC(N)=O)cc2)cn1. The fourth-order valence-corrected chi connectivity index (χ4v) is 3.78. The molecule has 0 aliphatic rings. The first-order valence-corrected chi connectivity index (χ1v) is 11.4. The first kappa shape index (κ1) is 23.1. The molecule has 174 valence electrons. The fourth-order valence-electron chi connectivity index (χ4n) is 3.07. The highest BCUT2D eigenvalue weighted by Crippen LogP contribution is 2.35. The molecule has 3 heterocycles. The summed E-state index contributed by atoms with van der Waals surface area (Å²) in [7, 11) is 1.57. The minimum Gasteiger partial charge on any atom is -0.492 e. The van der Waals surface area contributed by atoms with Crippen molar-refractivity contribution in [3.05, 3.63) is 72.9 Å². The number of nitrogens with zero attached hydrogens (tertiary/aromatic N) is 3. The van der Waals surface area contributed by atoms with E-state index in [-0.39, 0.29) is 0 Å². The van der Waals surface area contributed by atoms with Crippen molar-refractivity contribution in [3.63, 3.8) is 0 Å². The molecule has 0 saturated heterocycles. The van der Waals surface area contributed by atoms with Crippen LogP contribution in [0.2, 0.25) is 0 Å². The van der Waals surface area contributed by atoms with E-state index in [1.54, 1.807) is 37.3 Å². The number of rotatable bonds is 10. The van der Waals surface area contributed by atoms with Gasteiger partial charge in [-0.1, -0.05) is 17.8 Å². The molecular formula is C24H23N5O4S. The number of nitrogens with one attached hydrogen (secondary N) is 1. The van der Waals surface area contributed by atoms with Gasteiger partial charge in [-0.25, -0.2) is 19.7 Å². The average molecular weight is 478 g/mol. The van der Waals surface area contributed by atoms with Crippen LogP contribution in [0.3, 0.4) is 0 Å². The lowest BCUT2D eigenvalue weighted by Crippen LogP contribution is -2.32. The van der Waals surface area contributed by atoms with Crippen LogP contribution < -0.4 is 20.5 Å². The molecule has 4 rings (SSSR count). The van der Waals surface area contributed by atoms with Crippen LogP contribution in [0, 0.1) is 0 Å². The second kappa shape index (κ2) is 11.2. The quantitative estimate of drug-likeness (QED) is 0.258. The van der Waals surface area contributed by atoms with Gasteiger partial charge in [0, 0.05) is 29.6 Å².